The Labute approximate surface area is 180 Å². The molecule has 0 bridgehead atoms. The van der Waals surface area contributed by atoms with E-state index in [1.165, 1.54) is 16.7 Å². The Hall–Kier alpha value is -3.06. The molecule has 156 valence electrons. The number of ether oxygens (including phenoxy) is 2. The molecule has 1 heterocycles. The zero-order valence-electron chi connectivity index (χ0n) is 17.3. The van der Waals surface area contributed by atoms with E-state index >= 15 is 0 Å². The maximum Gasteiger partial charge on any atom is 0.338 e. The second-order valence-corrected chi connectivity index (χ2v) is 7.54. The first-order valence-corrected chi connectivity index (χ1v) is 10.6. The van der Waals surface area contributed by atoms with Crippen molar-refractivity contribution in [1.29, 1.82) is 0 Å². The minimum atomic E-state index is -0.396. The molecule has 0 aliphatic carbocycles. The van der Waals surface area contributed by atoms with Crippen LogP contribution in [0.3, 0.4) is 0 Å². The number of amides is 1. The third-order valence-electron chi connectivity index (χ3n) is 4.25. The lowest BCUT2D eigenvalue weighted by Gasteiger charge is -2.08. The van der Waals surface area contributed by atoms with E-state index < -0.39 is 5.97 Å². The molecule has 0 spiro atoms. The fraction of sp³-hybridized carbons (Fsp3) is 0.261. The van der Waals surface area contributed by atoms with Crippen molar-refractivity contribution >= 4 is 40.6 Å². The van der Waals surface area contributed by atoms with Gasteiger partial charge >= 0.3 is 5.97 Å². The molecular formula is C23H24N2O4S. The van der Waals surface area contributed by atoms with E-state index in [4.69, 9.17) is 9.47 Å². The van der Waals surface area contributed by atoms with E-state index in [9.17, 15) is 9.59 Å². The minimum absolute atomic E-state index is 0.134. The number of amidine groups is 1. The molecule has 0 atom stereocenters. The van der Waals surface area contributed by atoms with Crippen molar-refractivity contribution in [2.75, 3.05) is 20.3 Å². The molecule has 3 rings (SSSR count). The van der Waals surface area contributed by atoms with Gasteiger partial charge < -0.3 is 9.47 Å². The molecule has 1 amide bonds. The van der Waals surface area contributed by atoms with Gasteiger partial charge in [-0.2, -0.15) is 0 Å². The Morgan fingerprint density at radius 1 is 1.17 bits per heavy atom. The Kier molecular flexibility index (Phi) is 7.30. The first-order valence-electron chi connectivity index (χ1n) is 9.78. The van der Waals surface area contributed by atoms with Crippen molar-refractivity contribution in [2.45, 2.75) is 20.3 Å². The number of hydrogen-bond acceptors (Lipinski definition) is 6. The highest BCUT2D eigenvalue weighted by molar-refractivity contribution is 8.18. The molecule has 1 saturated heterocycles. The second-order valence-electron chi connectivity index (χ2n) is 6.53. The number of aliphatic imine (C=N–C) groups is 1. The first-order chi connectivity index (χ1) is 14.5. The molecule has 2 aromatic rings. The zero-order chi connectivity index (χ0) is 21.5. The number of carbonyl (C=O) groups excluding carboxylic acids is 2. The third kappa shape index (κ3) is 5.10. The summed E-state index contributed by atoms with van der Waals surface area (Å²) >= 11 is 1.29. The molecule has 6 nitrogen and oxygen atoms in total. The summed E-state index contributed by atoms with van der Waals surface area (Å²) in [7, 11) is 1.68. The highest BCUT2D eigenvalue weighted by Gasteiger charge is 2.30. The lowest BCUT2D eigenvalue weighted by Crippen LogP contribution is -2.23. The Morgan fingerprint density at radius 2 is 1.97 bits per heavy atom. The van der Waals surface area contributed by atoms with E-state index in [-0.39, 0.29) is 5.91 Å². The van der Waals surface area contributed by atoms with E-state index in [0.29, 0.717) is 34.5 Å². The van der Waals surface area contributed by atoms with Crippen molar-refractivity contribution in [2.24, 2.45) is 4.99 Å². The van der Waals surface area contributed by atoms with Gasteiger partial charge in [-0.15, -0.1) is 0 Å². The molecule has 1 aliphatic heterocycles. The number of thioether (sulfide) groups is 1. The van der Waals surface area contributed by atoms with Crippen LogP contribution in [-0.2, 0) is 9.53 Å². The third-order valence-corrected chi connectivity index (χ3v) is 5.31. The second kappa shape index (κ2) is 10.1. The quantitative estimate of drug-likeness (QED) is 0.468. The normalized spacial score (nSPS) is 16.4. The smallest absolute Gasteiger partial charge is 0.338 e. The van der Waals surface area contributed by atoms with Crippen molar-refractivity contribution in [3.8, 4) is 5.75 Å². The van der Waals surface area contributed by atoms with Gasteiger partial charge in [-0.25, -0.2) is 9.79 Å². The van der Waals surface area contributed by atoms with Crippen molar-refractivity contribution < 1.29 is 19.1 Å². The van der Waals surface area contributed by atoms with Gasteiger partial charge in [0.1, 0.15) is 5.75 Å². The number of hydrogen-bond donors (Lipinski definition) is 0. The predicted octanol–water partition coefficient (Wildman–Crippen LogP) is 4.89. The predicted molar refractivity (Wildman–Crippen MR) is 120 cm³/mol. The van der Waals surface area contributed by atoms with Crippen molar-refractivity contribution in [3.05, 3.63) is 64.6 Å². The molecule has 1 aliphatic rings. The van der Waals surface area contributed by atoms with Crippen LogP contribution in [-0.4, -0.2) is 42.2 Å². The van der Waals surface area contributed by atoms with Crippen molar-refractivity contribution in [3.63, 3.8) is 0 Å². The molecule has 0 saturated carbocycles. The van der Waals surface area contributed by atoms with Crippen LogP contribution in [0.25, 0.3) is 6.08 Å². The topological polar surface area (TPSA) is 68.2 Å². The summed E-state index contributed by atoms with van der Waals surface area (Å²) in [6, 6.07) is 14.5. The van der Waals surface area contributed by atoms with Gasteiger partial charge in [-0.3, -0.25) is 9.69 Å². The summed E-state index contributed by atoms with van der Waals surface area (Å²) in [5.74, 6) is 0.216. The van der Waals surface area contributed by atoms with Crippen LogP contribution in [0.15, 0.2) is 58.4 Å². The monoisotopic (exact) mass is 424 g/mol. The summed E-state index contributed by atoms with van der Waals surface area (Å²) in [5, 5.41) is 0.541. The molecule has 0 N–H and O–H groups in total. The van der Waals surface area contributed by atoms with E-state index in [1.54, 1.807) is 38.2 Å². The van der Waals surface area contributed by atoms with E-state index in [1.807, 2.05) is 37.3 Å². The molecule has 0 unspecified atom stereocenters. The number of nitrogens with zero attached hydrogens (tertiary/aromatic N) is 2. The van der Waals surface area contributed by atoms with E-state index in [0.717, 1.165) is 17.7 Å². The van der Waals surface area contributed by atoms with Crippen LogP contribution in [0.2, 0.25) is 0 Å². The highest BCUT2D eigenvalue weighted by Crippen LogP contribution is 2.34. The molecule has 2 aromatic carbocycles. The summed E-state index contributed by atoms with van der Waals surface area (Å²) in [6.07, 6.45) is 2.73. The number of likely N-dealkylation sites (N-methyl/N-ethyl adjacent to an activating group) is 1. The summed E-state index contributed by atoms with van der Waals surface area (Å²) < 4.78 is 10.8. The van der Waals surface area contributed by atoms with Gasteiger partial charge in [-0.1, -0.05) is 31.2 Å². The fourth-order valence-corrected chi connectivity index (χ4v) is 3.74. The van der Waals surface area contributed by atoms with Gasteiger partial charge in [0.2, 0.25) is 0 Å². The average molecular weight is 425 g/mol. The Bertz CT molecular complexity index is 1000. The minimum Gasteiger partial charge on any atom is -0.493 e. The van der Waals surface area contributed by atoms with Crippen LogP contribution in [0.5, 0.6) is 5.75 Å². The Balaban J connectivity index is 1.86. The number of carbonyl (C=O) groups is 2. The standard InChI is InChI=1S/C23H24N2O4S/c1-4-13-29-19-12-7-6-9-16(19)15-20-21(26)25(3)23(30-20)24-18-11-8-10-17(14-18)22(27)28-5-2/h6-12,14-15H,4-5,13H2,1-3H3. The fourth-order valence-electron chi connectivity index (χ4n) is 2.76. The highest BCUT2D eigenvalue weighted by atomic mass is 32.2. The summed E-state index contributed by atoms with van der Waals surface area (Å²) in [5.41, 5.74) is 1.85. The van der Waals surface area contributed by atoms with Crippen LogP contribution >= 0.6 is 11.8 Å². The van der Waals surface area contributed by atoms with E-state index in [2.05, 4.69) is 4.99 Å². The molecule has 7 heteroatoms. The van der Waals surface area contributed by atoms with Gasteiger partial charge in [-0.05, 0) is 55.4 Å². The van der Waals surface area contributed by atoms with Crippen LogP contribution in [0.4, 0.5) is 5.69 Å². The zero-order valence-corrected chi connectivity index (χ0v) is 18.1. The lowest BCUT2D eigenvalue weighted by atomic mass is 10.2. The van der Waals surface area contributed by atoms with Crippen molar-refractivity contribution in [1.82, 2.24) is 4.90 Å². The van der Waals surface area contributed by atoms with Crippen LogP contribution in [0.1, 0.15) is 36.2 Å². The van der Waals surface area contributed by atoms with Gasteiger partial charge in [0.25, 0.3) is 5.91 Å². The molecule has 1 fully saturated rings. The largest absolute Gasteiger partial charge is 0.493 e. The summed E-state index contributed by atoms with van der Waals surface area (Å²) in [6.45, 7) is 4.73. The number of benzene rings is 2. The number of rotatable bonds is 7. The van der Waals surface area contributed by atoms with Gasteiger partial charge in [0, 0.05) is 12.6 Å². The lowest BCUT2D eigenvalue weighted by molar-refractivity contribution is -0.121. The SMILES string of the molecule is CCCOc1ccccc1C=C1SC(=Nc2cccc(C(=O)OCC)c2)N(C)C1=O. The maximum atomic E-state index is 12.7. The van der Waals surface area contributed by atoms with Crippen LogP contribution in [0, 0.1) is 0 Å². The molecule has 0 radical (unpaired) electrons. The molecular weight excluding hydrogens is 400 g/mol. The molecule has 30 heavy (non-hydrogen) atoms. The summed E-state index contributed by atoms with van der Waals surface area (Å²) in [4.78, 5) is 31.3. The number of para-hydroxylation sites is 1. The van der Waals surface area contributed by atoms with Gasteiger partial charge in [0.05, 0.1) is 29.4 Å². The average Bonchev–Trinajstić information content (AvgIpc) is 3.01. The molecule has 0 aromatic heterocycles. The number of esters is 1. The maximum absolute atomic E-state index is 12.7. The van der Waals surface area contributed by atoms with Gasteiger partial charge in [0.15, 0.2) is 5.17 Å². The van der Waals surface area contributed by atoms with Crippen LogP contribution < -0.4 is 4.74 Å². The first kappa shape index (κ1) is 21.6. The Morgan fingerprint density at radius 3 is 2.73 bits per heavy atom.